The van der Waals surface area contributed by atoms with E-state index in [4.69, 9.17) is 14.5 Å². The number of methoxy groups -OCH3 is 1. The number of imide groups is 1. The van der Waals surface area contributed by atoms with Gasteiger partial charge in [0.25, 0.3) is 11.8 Å². The van der Waals surface area contributed by atoms with Crippen molar-refractivity contribution >= 4 is 69.1 Å². The van der Waals surface area contributed by atoms with Crippen molar-refractivity contribution in [1.29, 1.82) is 0 Å². The minimum atomic E-state index is -1.18. The van der Waals surface area contributed by atoms with Gasteiger partial charge in [-0.1, -0.05) is 12.6 Å². The highest BCUT2D eigenvalue weighted by Crippen LogP contribution is 2.48. The van der Waals surface area contributed by atoms with Gasteiger partial charge in [0.15, 0.2) is 0 Å². The molecule has 17 nitrogen and oxygen atoms in total. The normalized spacial score (nSPS) is 21.7. The molecule has 370 valence electrons. The van der Waals surface area contributed by atoms with Crippen molar-refractivity contribution in [3.8, 4) is 17.2 Å². The van der Waals surface area contributed by atoms with Crippen LogP contribution >= 0.6 is 0 Å². The Morgan fingerprint density at radius 2 is 1.54 bits per heavy atom. The van der Waals surface area contributed by atoms with E-state index in [0.717, 1.165) is 79.2 Å². The summed E-state index contributed by atoms with van der Waals surface area (Å²) in [7, 11) is 1.66. The standard InChI is InChI=1S/C54H54FN9O8/c1-31-6-15-43(49(66)57-31)64-50(67)39-4-3-5-41(48(39)51(64)68)60-47(65)30-61-28-36-24-37(29-61)63(36)27-32-17-22-62(23-18-32)44-26-42-40(25-46(44)71-2)45(16-21-56-42)72-38-13-11-35(12-14-38)59-53(70)54(19-20-54)52(69)58-34-9-7-33(55)8-10-34/h3-5,7-14,16,21,25-26,32,36-37,43H,1,6,15,17-20,22-24,27-30H2,2H3,(H,57,66)(H,58,69)(H,59,70)(H,60,65). The number of allylic oxidation sites excluding steroid dienone is 1. The van der Waals surface area contributed by atoms with Gasteiger partial charge in [0.1, 0.15) is 34.5 Å². The molecule has 0 radical (unpaired) electrons. The van der Waals surface area contributed by atoms with Gasteiger partial charge in [0.05, 0.1) is 41.7 Å². The molecule has 4 aromatic carbocycles. The molecule has 7 aliphatic rings. The molecule has 6 aliphatic heterocycles. The molecule has 3 unspecified atom stereocenters. The highest BCUT2D eigenvalue weighted by molar-refractivity contribution is 6.26. The quantitative estimate of drug-likeness (QED) is 0.0695. The van der Waals surface area contributed by atoms with E-state index in [9.17, 15) is 33.2 Å². The van der Waals surface area contributed by atoms with Crippen LogP contribution in [0.15, 0.2) is 103 Å². The minimum absolute atomic E-state index is 0.118. The third-order valence-electron chi connectivity index (χ3n) is 15.1. The van der Waals surface area contributed by atoms with Gasteiger partial charge in [-0.3, -0.25) is 48.5 Å². The number of pyridine rings is 1. The van der Waals surface area contributed by atoms with Crippen molar-refractivity contribution in [2.45, 2.75) is 63.1 Å². The SMILES string of the molecule is C=C1CCC(N2C(=O)c3cccc(NC(=O)CN4CC5CC(C4)N5CC4CCN(c5cc6nccc(Oc7ccc(NC(=O)C8(C(=O)Nc9ccc(F)cc9)CC8)cc7)c6cc5OC)CC4)c3C2=O)C(=O)N1. The molecule has 6 fully saturated rings. The number of carbonyl (C=O) groups is 6. The first kappa shape index (κ1) is 46.7. The Morgan fingerprint density at radius 1 is 0.847 bits per heavy atom. The average molecular weight is 976 g/mol. The molecule has 5 aromatic rings. The Hall–Kier alpha value is -7.70. The monoisotopic (exact) mass is 975 g/mol. The molecule has 6 amide bonds. The van der Waals surface area contributed by atoms with E-state index in [1.807, 2.05) is 6.07 Å². The number of halogens is 1. The van der Waals surface area contributed by atoms with Crippen molar-refractivity contribution in [2.75, 3.05) is 67.2 Å². The number of hydrogen-bond donors (Lipinski definition) is 4. The van der Waals surface area contributed by atoms with Crippen LogP contribution in [0.2, 0.25) is 0 Å². The predicted molar refractivity (Wildman–Crippen MR) is 266 cm³/mol. The lowest BCUT2D eigenvalue weighted by atomic mass is 9.84. The number of benzene rings is 4. The minimum Gasteiger partial charge on any atom is -0.495 e. The Kier molecular flexibility index (Phi) is 12.2. The summed E-state index contributed by atoms with van der Waals surface area (Å²) in [5.41, 5.74) is 2.61. The maximum Gasteiger partial charge on any atom is 0.264 e. The summed E-state index contributed by atoms with van der Waals surface area (Å²) in [5.74, 6) is -0.691. The molecule has 18 heteroatoms. The molecule has 4 N–H and O–H groups in total. The molecular weight excluding hydrogens is 922 g/mol. The van der Waals surface area contributed by atoms with Crippen LogP contribution in [0.4, 0.5) is 27.1 Å². The van der Waals surface area contributed by atoms with Crippen LogP contribution in [0.3, 0.4) is 0 Å². The second kappa shape index (κ2) is 18.8. The first-order valence-corrected chi connectivity index (χ1v) is 24.5. The summed E-state index contributed by atoms with van der Waals surface area (Å²) in [6, 6.07) is 22.8. The number of carbonyl (C=O) groups excluding carboxylic acids is 6. The lowest BCUT2D eigenvalue weighted by molar-refractivity contribution is -0.131. The van der Waals surface area contributed by atoms with Gasteiger partial charge in [-0.15, -0.1) is 0 Å². The van der Waals surface area contributed by atoms with Crippen LogP contribution in [-0.2, 0) is 19.2 Å². The van der Waals surface area contributed by atoms with E-state index < -0.39 is 46.8 Å². The molecule has 3 atom stereocenters. The summed E-state index contributed by atoms with van der Waals surface area (Å²) in [4.78, 5) is 92.2. The Balaban J connectivity index is 0.658. The second-order valence-electron chi connectivity index (χ2n) is 19.7. The fraction of sp³-hybridized carbons (Fsp3) is 0.352. The van der Waals surface area contributed by atoms with Crippen molar-refractivity contribution < 1.29 is 42.6 Å². The first-order chi connectivity index (χ1) is 34.8. The highest BCUT2D eigenvalue weighted by Gasteiger charge is 2.56. The maximum atomic E-state index is 13.6. The third kappa shape index (κ3) is 8.89. The van der Waals surface area contributed by atoms with Gasteiger partial charge in [-0.25, -0.2) is 4.39 Å². The number of aromatic nitrogens is 1. The van der Waals surface area contributed by atoms with Gasteiger partial charge in [-0.2, -0.15) is 0 Å². The van der Waals surface area contributed by atoms with E-state index >= 15 is 0 Å². The highest BCUT2D eigenvalue weighted by atomic mass is 19.1. The van der Waals surface area contributed by atoms with E-state index in [0.29, 0.717) is 72.3 Å². The molecule has 2 bridgehead atoms. The zero-order chi connectivity index (χ0) is 49.8. The van der Waals surface area contributed by atoms with Crippen LogP contribution in [0.5, 0.6) is 17.2 Å². The molecule has 12 rings (SSSR count). The number of piperidine rings is 3. The largest absolute Gasteiger partial charge is 0.495 e. The van der Waals surface area contributed by atoms with Crippen molar-refractivity contribution in [3.05, 3.63) is 120 Å². The van der Waals surface area contributed by atoms with Crippen molar-refractivity contribution in [3.63, 3.8) is 0 Å². The van der Waals surface area contributed by atoms with Crippen LogP contribution < -0.4 is 35.6 Å². The number of amides is 6. The smallest absolute Gasteiger partial charge is 0.264 e. The second-order valence-corrected chi connectivity index (χ2v) is 19.7. The van der Waals surface area contributed by atoms with Crippen LogP contribution in [0.1, 0.15) is 65.7 Å². The van der Waals surface area contributed by atoms with E-state index in [-0.39, 0.29) is 29.3 Å². The van der Waals surface area contributed by atoms with Gasteiger partial charge in [0, 0.05) is 73.5 Å². The molecule has 1 saturated carbocycles. The van der Waals surface area contributed by atoms with E-state index in [1.54, 1.807) is 61.8 Å². The number of ether oxygens (including phenoxy) is 2. The molecule has 5 saturated heterocycles. The first-order valence-electron chi connectivity index (χ1n) is 24.5. The molecule has 1 aliphatic carbocycles. The molecular formula is C54H54FN9O8. The van der Waals surface area contributed by atoms with E-state index in [1.165, 1.54) is 24.3 Å². The Bertz CT molecular complexity index is 3030. The van der Waals surface area contributed by atoms with Crippen LogP contribution in [-0.4, -0.2) is 120 Å². The number of rotatable bonds is 14. The summed E-state index contributed by atoms with van der Waals surface area (Å²) >= 11 is 0. The van der Waals surface area contributed by atoms with E-state index in [2.05, 4.69) is 48.6 Å². The number of nitrogens with zero attached hydrogens (tertiary/aromatic N) is 5. The van der Waals surface area contributed by atoms with Gasteiger partial charge in [-0.05, 0) is 130 Å². The topological polar surface area (TPSA) is 195 Å². The summed E-state index contributed by atoms with van der Waals surface area (Å²) in [5, 5.41) is 11.9. The van der Waals surface area contributed by atoms with Gasteiger partial charge in [0.2, 0.25) is 23.6 Å². The number of piperazine rings is 1. The van der Waals surface area contributed by atoms with Gasteiger partial charge < -0.3 is 35.6 Å². The predicted octanol–water partition coefficient (Wildman–Crippen LogP) is 6.53. The Morgan fingerprint density at radius 3 is 2.21 bits per heavy atom. The molecule has 72 heavy (non-hydrogen) atoms. The lowest BCUT2D eigenvalue weighted by Gasteiger charge is -2.57. The fourth-order valence-corrected chi connectivity index (χ4v) is 11.0. The maximum absolute atomic E-state index is 13.6. The van der Waals surface area contributed by atoms with Crippen LogP contribution in [0, 0.1) is 17.2 Å². The summed E-state index contributed by atoms with van der Waals surface area (Å²) in [6.45, 7) is 8.21. The number of anilines is 4. The van der Waals surface area contributed by atoms with Crippen LogP contribution in [0.25, 0.3) is 10.9 Å². The zero-order valence-corrected chi connectivity index (χ0v) is 39.7. The zero-order valence-electron chi connectivity index (χ0n) is 39.7. The van der Waals surface area contributed by atoms with Crippen molar-refractivity contribution in [1.82, 2.24) is 25.0 Å². The lowest BCUT2D eigenvalue weighted by Crippen LogP contribution is -2.69. The summed E-state index contributed by atoms with van der Waals surface area (Å²) < 4.78 is 25.6. The number of fused-ring (bicyclic) bond motifs is 4. The molecule has 1 aromatic heterocycles. The third-order valence-corrected chi connectivity index (χ3v) is 15.1. The molecule has 0 spiro atoms. The molecule has 7 heterocycles. The van der Waals surface area contributed by atoms with Gasteiger partial charge >= 0.3 is 0 Å². The average Bonchev–Trinajstić information content (AvgIpc) is 4.16. The number of nitrogens with one attached hydrogen (secondary N) is 4. The Labute approximate surface area is 414 Å². The fourth-order valence-electron chi connectivity index (χ4n) is 11.0. The number of hydrogen-bond acceptors (Lipinski definition) is 12. The van der Waals surface area contributed by atoms with Crippen molar-refractivity contribution in [2.24, 2.45) is 11.3 Å². The summed E-state index contributed by atoms with van der Waals surface area (Å²) in [6.07, 6.45) is 6.43.